The van der Waals surface area contributed by atoms with Crippen molar-refractivity contribution in [3.05, 3.63) is 35.7 Å². The van der Waals surface area contributed by atoms with Crippen LogP contribution in [0.25, 0.3) is 6.08 Å². The van der Waals surface area contributed by atoms with E-state index >= 15 is 0 Å². The second-order valence-electron chi connectivity index (χ2n) is 4.99. The van der Waals surface area contributed by atoms with Crippen molar-refractivity contribution in [2.75, 3.05) is 6.61 Å². The number of hydrogen-bond acceptors (Lipinski definition) is 3. The Balaban J connectivity index is 0.00000133. The Labute approximate surface area is 113 Å². The molecule has 2 heterocycles. The maximum Gasteiger partial charge on any atom is 0.163 e. The molecule has 3 rings (SSSR count). The predicted octanol–water partition coefficient (Wildman–Crippen LogP) is 3.39. The first-order chi connectivity index (χ1) is 8.53. The first-order valence-corrected chi connectivity index (χ1v) is 6.00. The summed E-state index contributed by atoms with van der Waals surface area (Å²) in [5, 5.41) is 0. The molecule has 0 spiro atoms. The minimum Gasteiger partial charge on any atom is -0.483 e. The summed E-state index contributed by atoms with van der Waals surface area (Å²) in [6, 6.07) is 4.49. The van der Waals surface area contributed by atoms with Crippen LogP contribution in [0.4, 0.5) is 4.39 Å². The third-order valence-electron chi connectivity index (χ3n) is 3.10. The lowest BCUT2D eigenvalue weighted by molar-refractivity contribution is -0.145. The van der Waals surface area contributed by atoms with Crippen molar-refractivity contribution >= 4 is 6.08 Å². The van der Waals surface area contributed by atoms with Gasteiger partial charge in [0.1, 0.15) is 23.8 Å². The minimum atomic E-state index is -0.565. The maximum absolute atomic E-state index is 13.1. The highest BCUT2D eigenvalue weighted by Crippen LogP contribution is 2.32. The van der Waals surface area contributed by atoms with Crippen LogP contribution in [-0.4, -0.2) is 24.6 Å². The molecule has 3 nitrogen and oxygen atoms in total. The number of halogens is 1. The van der Waals surface area contributed by atoms with Crippen molar-refractivity contribution < 1.29 is 18.6 Å². The van der Waals surface area contributed by atoms with E-state index in [0.717, 1.165) is 5.56 Å². The molecule has 2 atom stereocenters. The summed E-state index contributed by atoms with van der Waals surface area (Å²) in [7, 11) is 0. The molecule has 0 aliphatic carbocycles. The molecular formula is C15H19FO3. The lowest BCUT2D eigenvalue weighted by Gasteiger charge is -2.26. The summed E-state index contributed by atoms with van der Waals surface area (Å²) in [5.74, 6) is -0.149. The van der Waals surface area contributed by atoms with Crippen LogP contribution in [-0.2, 0) is 9.47 Å². The smallest absolute Gasteiger partial charge is 0.163 e. The molecule has 4 heteroatoms. The molecule has 0 aromatic heterocycles. The summed E-state index contributed by atoms with van der Waals surface area (Å²) < 4.78 is 30.1. The molecule has 1 saturated heterocycles. The van der Waals surface area contributed by atoms with Gasteiger partial charge >= 0.3 is 0 Å². The van der Waals surface area contributed by atoms with E-state index < -0.39 is 5.79 Å². The molecular weight excluding hydrogens is 247 g/mol. The topological polar surface area (TPSA) is 27.7 Å². The van der Waals surface area contributed by atoms with E-state index in [-0.39, 0.29) is 25.5 Å². The minimum absolute atomic E-state index is 0. The standard InChI is InChI=1S/C14H15FO3.CH4/c1-14(2)16-8-13(18-14)12-5-3-9-7-10(15)4-6-11(9)17-12;/h3-7,12-13H,8H2,1-2H3;1H4/t12?,13-;/m0./s1. The number of ether oxygens (including phenoxy) is 3. The Morgan fingerprint density at radius 2 is 2.11 bits per heavy atom. The Morgan fingerprint density at radius 3 is 2.79 bits per heavy atom. The van der Waals surface area contributed by atoms with Crippen LogP contribution in [0.2, 0.25) is 0 Å². The zero-order valence-electron chi connectivity index (χ0n) is 10.4. The molecule has 0 saturated carbocycles. The van der Waals surface area contributed by atoms with E-state index in [9.17, 15) is 4.39 Å². The summed E-state index contributed by atoms with van der Waals surface area (Å²) in [6.07, 6.45) is 3.43. The van der Waals surface area contributed by atoms with Gasteiger partial charge in [0.05, 0.1) is 6.61 Å². The van der Waals surface area contributed by atoms with Crippen LogP contribution in [0, 0.1) is 5.82 Å². The van der Waals surface area contributed by atoms with Crippen LogP contribution >= 0.6 is 0 Å². The lowest BCUT2D eigenvalue weighted by atomic mass is 10.1. The Bertz CT molecular complexity index is 496. The molecule has 2 aliphatic rings. The van der Waals surface area contributed by atoms with Gasteiger partial charge in [-0.1, -0.05) is 13.5 Å². The molecule has 1 aromatic carbocycles. The van der Waals surface area contributed by atoms with E-state index in [2.05, 4.69) is 0 Å². The molecule has 0 amide bonds. The molecule has 0 bridgehead atoms. The fourth-order valence-corrected chi connectivity index (χ4v) is 2.22. The van der Waals surface area contributed by atoms with Gasteiger partial charge in [-0.2, -0.15) is 0 Å². The average Bonchev–Trinajstić information content (AvgIpc) is 2.69. The highest BCUT2D eigenvalue weighted by molar-refractivity contribution is 5.60. The van der Waals surface area contributed by atoms with E-state index in [1.54, 1.807) is 6.07 Å². The zero-order valence-corrected chi connectivity index (χ0v) is 10.4. The summed E-state index contributed by atoms with van der Waals surface area (Å²) >= 11 is 0. The van der Waals surface area contributed by atoms with Crippen molar-refractivity contribution in [2.24, 2.45) is 0 Å². The van der Waals surface area contributed by atoms with Crippen LogP contribution in [0.1, 0.15) is 26.8 Å². The molecule has 0 radical (unpaired) electrons. The van der Waals surface area contributed by atoms with Gasteiger partial charge in [0.25, 0.3) is 0 Å². The second-order valence-corrected chi connectivity index (χ2v) is 4.99. The lowest BCUT2D eigenvalue weighted by Crippen LogP contribution is -2.34. The SMILES string of the molecule is C.CC1(C)OC[C@@H](C2C=Cc3cc(F)ccc3O2)O1. The number of rotatable bonds is 1. The summed E-state index contributed by atoms with van der Waals surface area (Å²) in [6.45, 7) is 4.25. The fraction of sp³-hybridized carbons (Fsp3) is 0.467. The molecule has 104 valence electrons. The predicted molar refractivity (Wildman–Crippen MR) is 71.5 cm³/mol. The Hall–Kier alpha value is -1.39. The highest BCUT2D eigenvalue weighted by atomic mass is 19.1. The van der Waals surface area contributed by atoms with Crippen LogP contribution in [0.15, 0.2) is 24.3 Å². The van der Waals surface area contributed by atoms with Gasteiger partial charge in [-0.05, 0) is 38.1 Å². The average molecular weight is 266 g/mol. The molecule has 1 unspecified atom stereocenters. The molecule has 2 aliphatic heterocycles. The zero-order chi connectivity index (χ0) is 12.8. The van der Waals surface area contributed by atoms with Gasteiger partial charge in [-0.15, -0.1) is 0 Å². The number of benzene rings is 1. The monoisotopic (exact) mass is 266 g/mol. The van der Waals surface area contributed by atoms with Crippen LogP contribution in [0.5, 0.6) is 5.75 Å². The van der Waals surface area contributed by atoms with Crippen LogP contribution < -0.4 is 4.74 Å². The van der Waals surface area contributed by atoms with Gasteiger partial charge in [0.15, 0.2) is 5.79 Å². The molecule has 19 heavy (non-hydrogen) atoms. The number of fused-ring (bicyclic) bond motifs is 1. The normalized spacial score (nSPS) is 27.3. The molecule has 0 N–H and O–H groups in total. The van der Waals surface area contributed by atoms with E-state index in [1.165, 1.54) is 12.1 Å². The van der Waals surface area contributed by atoms with Crippen molar-refractivity contribution in [3.8, 4) is 5.75 Å². The Morgan fingerprint density at radius 1 is 1.32 bits per heavy atom. The fourth-order valence-electron chi connectivity index (χ4n) is 2.22. The Kier molecular flexibility index (Phi) is 3.65. The van der Waals surface area contributed by atoms with Gasteiger partial charge in [-0.25, -0.2) is 4.39 Å². The molecule has 1 aromatic rings. The highest BCUT2D eigenvalue weighted by Gasteiger charge is 2.38. The number of hydrogen-bond donors (Lipinski definition) is 0. The van der Waals surface area contributed by atoms with Crippen molar-refractivity contribution in [1.29, 1.82) is 0 Å². The second kappa shape index (κ2) is 4.94. The first kappa shape index (κ1) is 14.0. The maximum atomic E-state index is 13.1. The van der Waals surface area contributed by atoms with Crippen molar-refractivity contribution in [3.63, 3.8) is 0 Å². The third kappa shape index (κ3) is 2.80. The van der Waals surface area contributed by atoms with Gasteiger partial charge in [-0.3, -0.25) is 0 Å². The largest absolute Gasteiger partial charge is 0.483 e. The summed E-state index contributed by atoms with van der Waals surface area (Å²) in [4.78, 5) is 0. The van der Waals surface area contributed by atoms with Crippen LogP contribution in [0.3, 0.4) is 0 Å². The van der Waals surface area contributed by atoms with Gasteiger partial charge in [0, 0.05) is 5.56 Å². The van der Waals surface area contributed by atoms with E-state index in [0.29, 0.717) is 12.4 Å². The third-order valence-corrected chi connectivity index (χ3v) is 3.10. The van der Waals surface area contributed by atoms with Crippen molar-refractivity contribution in [1.82, 2.24) is 0 Å². The quantitative estimate of drug-likeness (QED) is 0.780. The molecule has 1 fully saturated rings. The van der Waals surface area contributed by atoms with E-state index in [1.807, 2.05) is 26.0 Å². The van der Waals surface area contributed by atoms with E-state index in [4.69, 9.17) is 14.2 Å². The van der Waals surface area contributed by atoms with Gasteiger partial charge in [0.2, 0.25) is 0 Å². The van der Waals surface area contributed by atoms with Crippen molar-refractivity contribution in [2.45, 2.75) is 39.3 Å². The first-order valence-electron chi connectivity index (χ1n) is 6.00. The van der Waals surface area contributed by atoms with Gasteiger partial charge < -0.3 is 14.2 Å². The summed E-state index contributed by atoms with van der Waals surface area (Å²) in [5.41, 5.74) is 0.754.